The molecule has 0 fully saturated rings. The van der Waals surface area contributed by atoms with Crippen molar-refractivity contribution in [3.05, 3.63) is 20.4 Å². The molecule has 0 radical (unpaired) electrons. The summed E-state index contributed by atoms with van der Waals surface area (Å²) in [6.07, 6.45) is 0. The van der Waals surface area contributed by atoms with Gasteiger partial charge in [-0.2, -0.15) is 0 Å². The van der Waals surface area contributed by atoms with Crippen molar-refractivity contribution in [2.75, 3.05) is 45.4 Å². The van der Waals surface area contributed by atoms with Crippen molar-refractivity contribution in [2.45, 2.75) is 6.92 Å². The van der Waals surface area contributed by atoms with Gasteiger partial charge in [0.1, 0.15) is 5.69 Å². The Morgan fingerprint density at radius 3 is 2.53 bits per heavy atom. The van der Waals surface area contributed by atoms with E-state index >= 15 is 0 Å². The molecule has 0 aliphatic heterocycles. The zero-order chi connectivity index (χ0) is 12.7. The lowest BCUT2D eigenvalue weighted by atomic mass is 10.2. The highest BCUT2D eigenvalue weighted by molar-refractivity contribution is 5.61. The van der Waals surface area contributed by atoms with Gasteiger partial charge >= 0.3 is 0 Å². The fourth-order valence-electron chi connectivity index (χ4n) is 1.31. The molecule has 0 amide bonds. The summed E-state index contributed by atoms with van der Waals surface area (Å²) in [5.41, 5.74) is -0.827. The summed E-state index contributed by atoms with van der Waals surface area (Å²) in [5.74, 6) is 0.134. The van der Waals surface area contributed by atoms with Crippen LogP contribution < -0.4 is 20.9 Å². The smallest absolute Gasteiger partial charge is 0.272 e. The second kappa shape index (κ2) is 7.03. The number of nitrogens with one attached hydrogen (secondary N) is 1. The molecule has 0 aliphatic rings. The summed E-state index contributed by atoms with van der Waals surface area (Å²) in [7, 11) is 1.60. The zero-order valence-electron chi connectivity index (χ0n) is 10.1. The van der Waals surface area contributed by atoms with E-state index in [2.05, 4.69) is 5.32 Å². The summed E-state index contributed by atoms with van der Waals surface area (Å²) in [5, 5.41) is 2.83. The summed E-state index contributed by atoms with van der Waals surface area (Å²) in [6.45, 7) is 4.05. The van der Waals surface area contributed by atoms with Gasteiger partial charge in [0.2, 0.25) is 0 Å². The third-order valence-corrected chi connectivity index (χ3v) is 2.14. The van der Waals surface area contributed by atoms with Gasteiger partial charge in [0.25, 0.3) is 10.9 Å². The van der Waals surface area contributed by atoms with Crippen LogP contribution in [0, 0.1) is 0 Å². The van der Waals surface area contributed by atoms with Crippen LogP contribution in [0.5, 0.6) is 5.75 Å². The maximum atomic E-state index is 11.2. The van der Waals surface area contributed by atoms with Crippen LogP contribution in [0.1, 0.15) is 6.92 Å². The highest BCUT2D eigenvalue weighted by atomic mass is 16.5. The normalized spacial score (nSPS) is 10.7. The second-order valence-corrected chi connectivity index (χ2v) is 3.33. The topological polar surface area (TPSA) is 73.9 Å². The summed E-state index contributed by atoms with van der Waals surface area (Å²) < 4.78 is 15.1. The zero-order valence-corrected chi connectivity index (χ0v) is 10.1. The number of rotatable bonds is 9. The molecule has 1 rings (SSSR count). The first-order chi connectivity index (χ1) is 8.22. The largest absolute Gasteiger partial charge is 0.488 e. The van der Waals surface area contributed by atoms with E-state index in [1.165, 1.54) is 0 Å². The van der Waals surface area contributed by atoms with Crippen molar-refractivity contribution < 1.29 is 14.2 Å². The number of methoxy groups -OCH3 is 1. The van der Waals surface area contributed by atoms with Gasteiger partial charge in [0.05, 0.1) is 26.4 Å². The van der Waals surface area contributed by atoms with Crippen LogP contribution in [0.3, 0.4) is 0 Å². The van der Waals surface area contributed by atoms with Gasteiger partial charge in [0.15, 0.2) is 5.75 Å². The lowest BCUT2D eigenvalue weighted by Gasteiger charge is -2.12. The third-order valence-electron chi connectivity index (χ3n) is 2.14. The van der Waals surface area contributed by atoms with Crippen LogP contribution in [-0.4, -0.2) is 40.1 Å². The summed E-state index contributed by atoms with van der Waals surface area (Å²) in [6, 6.07) is 0. The molecular weight excluding hydrogens is 226 g/mol. The molecule has 0 bridgehead atoms. The first-order valence-electron chi connectivity index (χ1n) is 5.49. The van der Waals surface area contributed by atoms with Crippen molar-refractivity contribution in [1.29, 1.82) is 0 Å². The van der Waals surface area contributed by atoms with E-state index < -0.39 is 10.9 Å². The highest BCUT2D eigenvalue weighted by Gasteiger charge is 2.21. The standard InChI is InChI=1S/C11H17NO5/c1-3-17-11-8(9(13)10(11)14)12-4-5-16-7-6-15-2/h12H,3-7H2,1-2H3. The van der Waals surface area contributed by atoms with Gasteiger partial charge < -0.3 is 19.5 Å². The molecule has 0 aliphatic carbocycles. The molecule has 0 atom stereocenters. The SMILES string of the molecule is CCOc1c(NCCOCCOC)c(=O)c1=O. The molecule has 6 nitrogen and oxygen atoms in total. The monoisotopic (exact) mass is 243 g/mol. The highest BCUT2D eigenvalue weighted by Crippen LogP contribution is 2.16. The van der Waals surface area contributed by atoms with E-state index in [9.17, 15) is 9.59 Å². The van der Waals surface area contributed by atoms with E-state index in [0.29, 0.717) is 33.0 Å². The summed E-state index contributed by atoms with van der Waals surface area (Å²) >= 11 is 0. The third kappa shape index (κ3) is 3.54. The van der Waals surface area contributed by atoms with Crippen LogP contribution in [0.25, 0.3) is 0 Å². The molecule has 96 valence electrons. The Kier molecular flexibility index (Phi) is 5.65. The van der Waals surface area contributed by atoms with Gasteiger partial charge in [0, 0.05) is 13.7 Å². The average molecular weight is 243 g/mol. The molecule has 0 spiro atoms. The Hall–Kier alpha value is -1.40. The van der Waals surface area contributed by atoms with E-state index in [-0.39, 0.29) is 11.4 Å². The van der Waals surface area contributed by atoms with E-state index in [1.54, 1.807) is 14.0 Å². The van der Waals surface area contributed by atoms with E-state index in [0.717, 1.165) is 0 Å². The molecule has 17 heavy (non-hydrogen) atoms. The Balaban J connectivity index is 2.30. The Bertz CT molecular complexity index is 408. The molecule has 1 aromatic carbocycles. The molecule has 1 aromatic rings. The molecule has 1 N–H and O–H groups in total. The molecule has 0 heterocycles. The molecule has 0 aromatic heterocycles. The Labute approximate surface area is 99.2 Å². The minimum atomic E-state index is -0.561. The molecule has 6 heteroatoms. The number of ether oxygens (including phenoxy) is 3. The maximum absolute atomic E-state index is 11.2. The van der Waals surface area contributed by atoms with Gasteiger partial charge in [-0.3, -0.25) is 9.59 Å². The van der Waals surface area contributed by atoms with Crippen molar-refractivity contribution in [3.63, 3.8) is 0 Å². The van der Waals surface area contributed by atoms with E-state index in [4.69, 9.17) is 14.2 Å². The van der Waals surface area contributed by atoms with Crippen LogP contribution in [0.4, 0.5) is 5.69 Å². The number of anilines is 1. The van der Waals surface area contributed by atoms with Crippen molar-refractivity contribution in [1.82, 2.24) is 0 Å². The van der Waals surface area contributed by atoms with Crippen molar-refractivity contribution in [2.24, 2.45) is 0 Å². The molecular formula is C11H17NO5. The van der Waals surface area contributed by atoms with E-state index in [1.807, 2.05) is 0 Å². The van der Waals surface area contributed by atoms with Crippen molar-refractivity contribution in [3.8, 4) is 5.75 Å². The quantitative estimate of drug-likeness (QED) is 0.476. The molecule has 0 unspecified atom stereocenters. The van der Waals surface area contributed by atoms with Crippen molar-refractivity contribution >= 4 is 5.69 Å². The van der Waals surface area contributed by atoms with Gasteiger partial charge in [-0.1, -0.05) is 0 Å². The number of hydrogen-bond acceptors (Lipinski definition) is 6. The lowest BCUT2D eigenvalue weighted by Crippen LogP contribution is -2.36. The van der Waals surface area contributed by atoms with Gasteiger partial charge in [-0.25, -0.2) is 0 Å². The van der Waals surface area contributed by atoms with Crippen LogP contribution in [0.2, 0.25) is 0 Å². The molecule has 0 saturated carbocycles. The first-order valence-corrected chi connectivity index (χ1v) is 5.49. The fraction of sp³-hybridized carbons (Fsp3) is 0.636. The predicted molar refractivity (Wildman–Crippen MR) is 63.7 cm³/mol. The minimum absolute atomic E-state index is 0.134. The maximum Gasteiger partial charge on any atom is 0.272 e. The first kappa shape index (κ1) is 13.7. The Morgan fingerprint density at radius 2 is 1.88 bits per heavy atom. The summed E-state index contributed by atoms with van der Waals surface area (Å²) in [4.78, 5) is 22.3. The fourth-order valence-corrected chi connectivity index (χ4v) is 1.31. The van der Waals surface area contributed by atoms with Gasteiger partial charge in [-0.15, -0.1) is 0 Å². The lowest BCUT2D eigenvalue weighted by molar-refractivity contribution is 0.0759. The average Bonchev–Trinajstić information content (AvgIpc) is 2.35. The van der Waals surface area contributed by atoms with Crippen LogP contribution >= 0.6 is 0 Å². The minimum Gasteiger partial charge on any atom is -0.488 e. The predicted octanol–water partition coefficient (Wildman–Crippen LogP) is -0.244. The Morgan fingerprint density at radius 1 is 1.12 bits per heavy atom. The van der Waals surface area contributed by atoms with Crippen LogP contribution in [0.15, 0.2) is 9.59 Å². The van der Waals surface area contributed by atoms with Crippen LogP contribution in [-0.2, 0) is 9.47 Å². The second-order valence-electron chi connectivity index (χ2n) is 3.33. The number of hydrogen-bond donors (Lipinski definition) is 1. The van der Waals surface area contributed by atoms with Gasteiger partial charge in [-0.05, 0) is 6.92 Å². The molecule has 0 saturated heterocycles.